The number of carbonyl (C=O) groups is 1. The largest absolute Gasteiger partial charge is 0.368 e. The summed E-state index contributed by atoms with van der Waals surface area (Å²) < 4.78 is 13.6. The summed E-state index contributed by atoms with van der Waals surface area (Å²) in [5, 5.41) is 4.31. The standard InChI is InChI=1S/C21H23FN6OS/c22-16-10-13(4-7-24-16)18-26-19(25-8-6-23)17-14-5-9-28(21(29)12-2-1-3-12)11-15(14)30-20(17)27-18/h4,7,10,12H,1-3,5-6,8-9,11,23H2,(H,25,26,27). The van der Waals surface area contributed by atoms with Crippen LogP contribution >= 0.6 is 11.3 Å². The van der Waals surface area contributed by atoms with Gasteiger partial charge in [0, 0.05) is 48.3 Å². The number of carbonyl (C=O) groups excluding carboxylic acids is 1. The van der Waals surface area contributed by atoms with Crippen molar-refractivity contribution in [3.8, 4) is 11.4 Å². The Morgan fingerprint density at radius 1 is 1.37 bits per heavy atom. The van der Waals surface area contributed by atoms with Gasteiger partial charge < -0.3 is 16.0 Å². The molecular weight excluding hydrogens is 403 g/mol. The summed E-state index contributed by atoms with van der Waals surface area (Å²) in [6.07, 6.45) is 5.38. The van der Waals surface area contributed by atoms with Crippen LogP contribution in [0, 0.1) is 11.9 Å². The molecular formula is C21H23FN6OS. The van der Waals surface area contributed by atoms with Gasteiger partial charge in [0.1, 0.15) is 10.6 Å². The number of amides is 1. The number of rotatable bonds is 5. The van der Waals surface area contributed by atoms with Crippen LogP contribution in [0.25, 0.3) is 21.6 Å². The van der Waals surface area contributed by atoms with E-state index in [0.29, 0.717) is 36.8 Å². The van der Waals surface area contributed by atoms with Gasteiger partial charge in [0.15, 0.2) is 5.82 Å². The van der Waals surface area contributed by atoms with Crippen molar-refractivity contribution in [1.82, 2.24) is 19.9 Å². The third-order valence-corrected chi connectivity index (χ3v) is 7.00. The van der Waals surface area contributed by atoms with E-state index in [1.165, 1.54) is 17.8 Å². The first-order valence-corrected chi connectivity index (χ1v) is 11.1. The molecule has 0 unspecified atom stereocenters. The second-order valence-electron chi connectivity index (χ2n) is 7.80. The summed E-state index contributed by atoms with van der Waals surface area (Å²) in [6, 6.07) is 3.03. The minimum atomic E-state index is -0.566. The Morgan fingerprint density at radius 2 is 2.23 bits per heavy atom. The molecule has 2 aliphatic rings. The van der Waals surface area contributed by atoms with Gasteiger partial charge >= 0.3 is 0 Å². The average molecular weight is 427 g/mol. The van der Waals surface area contributed by atoms with Crippen LogP contribution in [-0.2, 0) is 17.8 Å². The normalized spacial score (nSPS) is 16.4. The fraction of sp³-hybridized carbons (Fsp3) is 0.429. The van der Waals surface area contributed by atoms with Gasteiger partial charge in [0.2, 0.25) is 11.9 Å². The third kappa shape index (κ3) is 3.41. The third-order valence-electron chi connectivity index (χ3n) is 5.89. The summed E-state index contributed by atoms with van der Waals surface area (Å²) in [4.78, 5) is 29.7. The van der Waals surface area contributed by atoms with E-state index in [4.69, 9.17) is 10.7 Å². The number of hydrogen-bond acceptors (Lipinski definition) is 7. The lowest BCUT2D eigenvalue weighted by Crippen LogP contribution is -2.41. The summed E-state index contributed by atoms with van der Waals surface area (Å²) in [7, 11) is 0. The van der Waals surface area contributed by atoms with Crippen molar-refractivity contribution in [2.24, 2.45) is 11.7 Å². The molecule has 1 aliphatic heterocycles. The van der Waals surface area contributed by atoms with Crippen molar-refractivity contribution in [3.63, 3.8) is 0 Å². The molecule has 0 spiro atoms. The zero-order valence-corrected chi connectivity index (χ0v) is 17.3. The van der Waals surface area contributed by atoms with Crippen LogP contribution in [0.2, 0.25) is 0 Å². The minimum Gasteiger partial charge on any atom is -0.368 e. The maximum Gasteiger partial charge on any atom is 0.226 e. The highest BCUT2D eigenvalue weighted by Gasteiger charge is 2.33. The fourth-order valence-corrected chi connectivity index (χ4v) is 5.32. The lowest BCUT2D eigenvalue weighted by molar-refractivity contribution is -0.139. The van der Waals surface area contributed by atoms with Crippen molar-refractivity contribution < 1.29 is 9.18 Å². The fourth-order valence-electron chi connectivity index (χ4n) is 4.09. The summed E-state index contributed by atoms with van der Waals surface area (Å²) in [5.74, 6) is 1.09. The molecule has 4 heterocycles. The molecule has 30 heavy (non-hydrogen) atoms. The monoisotopic (exact) mass is 426 g/mol. The molecule has 0 bridgehead atoms. The number of pyridine rings is 1. The van der Waals surface area contributed by atoms with Gasteiger partial charge in [-0.15, -0.1) is 11.3 Å². The van der Waals surface area contributed by atoms with Gasteiger partial charge in [-0.05, 0) is 30.9 Å². The number of hydrogen-bond donors (Lipinski definition) is 2. The van der Waals surface area contributed by atoms with E-state index in [9.17, 15) is 9.18 Å². The number of nitrogens with one attached hydrogen (secondary N) is 1. The lowest BCUT2D eigenvalue weighted by Gasteiger charge is -2.33. The molecule has 0 aromatic carbocycles. The van der Waals surface area contributed by atoms with Gasteiger partial charge in [-0.3, -0.25) is 4.79 Å². The summed E-state index contributed by atoms with van der Waals surface area (Å²) in [6.45, 7) is 2.40. The van der Waals surface area contributed by atoms with Crippen molar-refractivity contribution >= 4 is 33.3 Å². The Kier molecular flexibility index (Phi) is 5.08. The number of nitrogens with zero attached hydrogens (tertiary/aromatic N) is 4. The van der Waals surface area contributed by atoms with Gasteiger partial charge in [0.05, 0.1) is 11.9 Å². The van der Waals surface area contributed by atoms with Crippen molar-refractivity contribution in [2.75, 3.05) is 25.0 Å². The Morgan fingerprint density at radius 3 is 2.97 bits per heavy atom. The highest BCUT2D eigenvalue weighted by molar-refractivity contribution is 7.19. The van der Waals surface area contributed by atoms with E-state index in [-0.39, 0.29) is 11.8 Å². The van der Waals surface area contributed by atoms with E-state index in [0.717, 1.165) is 47.3 Å². The van der Waals surface area contributed by atoms with Crippen LogP contribution in [0.15, 0.2) is 18.3 Å². The smallest absolute Gasteiger partial charge is 0.226 e. The first-order valence-electron chi connectivity index (χ1n) is 10.3. The summed E-state index contributed by atoms with van der Waals surface area (Å²) >= 11 is 1.59. The molecule has 3 aromatic heterocycles. The zero-order valence-electron chi connectivity index (χ0n) is 16.5. The van der Waals surface area contributed by atoms with Crippen molar-refractivity contribution in [3.05, 3.63) is 34.7 Å². The second kappa shape index (κ2) is 7.88. The molecule has 3 aromatic rings. The molecule has 1 aliphatic carbocycles. The Hall–Kier alpha value is -2.65. The molecule has 5 rings (SSSR count). The number of aromatic nitrogens is 3. The molecule has 1 fully saturated rings. The van der Waals surface area contributed by atoms with Crippen molar-refractivity contribution in [1.29, 1.82) is 0 Å². The first kappa shape index (κ1) is 19.3. The highest BCUT2D eigenvalue weighted by Crippen LogP contribution is 2.40. The number of thiophene rings is 1. The van der Waals surface area contributed by atoms with E-state index < -0.39 is 5.95 Å². The van der Waals surface area contributed by atoms with Crippen LogP contribution in [0.3, 0.4) is 0 Å². The molecule has 0 radical (unpaired) electrons. The highest BCUT2D eigenvalue weighted by atomic mass is 32.1. The molecule has 0 atom stereocenters. The summed E-state index contributed by atoms with van der Waals surface area (Å²) in [5.41, 5.74) is 7.48. The number of nitrogens with two attached hydrogens (primary N) is 1. The van der Waals surface area contributed by atoms with Crippen LogP contribution in [-0.4, -0.2) is 45.4 Å². The number of anilines is 1. The Balaban J connectivity index is 1.55. The van der Waals surface area contributed by atoms with E-state index >= 15 is 0 Å². The number of halogens is 1. The predicted octanol–water partition coefficient (Wildman–Crippen LogP) is 2.95. The van der Waals surface area contributed by atoms with Gasteiger partial charge in [-0.2, -0.15) is 4.39 Å². The second-order valence-corrected chi connectivity index (χ2v) is 8.88. The van der Waals surface area contributed by atoms with E-state index in [2.05, 4.69) is 15.3 Å². The van der Waals surface area contributed by atoms with Gasteiger partial charge in [0.25, 0.3) is 0 Å². The average Bonchev–Trinajstić information content (AvgIpc) is 3.08. The predicted molar refractivity (Wildman–Crippen MR) is 115 cm³/mol. The minimum absolute atomic E-state index is 0.204. The van der Waals surface area contributed by atoms with Crippen LogP contribution in [0.4, 0.5) is 10.2 Å². The molecule has 1 amide bonds. The Bertz CT molecular complexity index is 1110. The molecule has 7 nitrogen and oxygen atoms in total. The van der Waals surface area contributed by atoms with Crippen LogP contribution < -0.4 is 11.1 Å². The lowest BCUT2D eigenvalue weighted by atomic mass is 9.84. The van der Waals surface area contributed by atoms with Crippen LogP contribution in [0.5, 0.6) is 0 Å². The van der Waals surface area contributed by atoms with E-state index in [1.807, 2.05) is 4.90 Å². The van der Waals surface area contributed by atoms with Gasteiger partial charge in [-0.1, -0.05) is 6.42 Å². The molecule has 156 valence electrons. The number of fused-ring (bicyclic) bond motifs is 3. The quantitative estimate of drug-likeness (QED) is 0.609. The molecule has 9 heteroatoms. The maximum atomic E-state index is 13.6. The van der Waals surface area contributed by atoms with Gasteiger partial charge in [-0.25, -0.2) is 15.0 Å². The molecule has 1 saturated carbocycles. The van der Waals surface area contributed by atoms with Crippen molar-refractivity contribution in [2.45, 2.75) is 32.2 Å². The zero-order chi connectivity index (χ0) is 20.7. The van der Waals surface area contributed by atoms with E-state index in [1.54, 1.807) is 17.4 Å². The molecule has 0 saturated heterocycles. The molecule has 3 N–H and O–H groups in total. The topological polar surface area (TPSA) is 97.0 Å². The first-order chi connectivity index (χ1) is 14.6. The van der Waals surface area contributed by atoms with Crippen LogP contribution in [0.1, 0.15) is 29.7 Å². The Labute approximate surface area is 177 Å². The maximum absolute atomic E-state index is 13.6. The SMILES string of the molecule is NCCNc1nc(-c2ccnc(F)c2)nc2sc3c(c12)CCN(C(=O)C1CCC1)C3.